The molecule has 152 valence electrons. The Labute approximate surface area is 178 Å². The molecule has 1 saturated heterocycles. The summed E-state index contributed by atoms with van der Waals surface area (Å²) in [6, 6.07) is 7.34. The van der Waals surface area contributed by atoms with E-state index in [9.17, 15) is 4.79 Å². The fourth-order valence-corrected chi connectivity index (χ4v) is 2.86. The Morgan fingerprint density at radius 1 is 1.22 bits per heavy atom. The lowest BCUT2D eigenvalue weighted by atomic mass is 10.0. The summed E-state index contributed by atoms with van der Waals surface area (Å²) in [6.07, 6.45) is 0. The van der Waals surface area contributed by atoms with Crippen LogP contribution < -0.4 is 10.6 Å². The molecule has 27 heavy (non-hydrogen) atoms. The number of carbonyl (C=O) groups excluding carboxylic acids is 1. The average Bonchev–Trinajstić information content (AvgIpc) is 2.68. The minimum Gasteiger partial charge on any atom is -0.465 e. The number of hydrogen-bond acceptors (Lipinski definition) is 5. The van der Waals surface area contributed by atoms with Crippen molar-refractivity contribution in [2.45, 2.75) is 25.9 Å². The molecule has 0 spiro atoms. The molecular formula is C19H31IN4O3. The number of morpholine rings is 1. The molecule has 0 saturated carbocycles. The van der Waals surface area contributed by atoms with Crippen molar-refractivity contribution in [1.82, 2.24) is 15.5 Å². The number of rotatable bonds is 6. The van der Waals surface area contributed by atoms with Crippen LogP contribution >= 0.6 is 24.0 Å². The molecule has 0 radical (unpaired) electrons. The minimum absolute atomic E-state index is 0. The van der Waals surface area contributed by atoms with Gasteiger partial charge in [-0.1, -0.05) is 12.1 Å². The first-order valence-electron chi connectivity index (χ1n) is 8.91. The van der Waals surface area contributed by atoms with Crippen molar-refractivity contribution >= 4 is 35.9 Å². The van der Waals surface area contributed by atoms with Crippen LogP contribution in [0.5, 0.6) is 0 Å². The van der Waals surface area contributed by atoms with Gasteiger partial charge in [0.1, 0.15) is 0 Å². The predicted octanol–water partition coefficient (Wildman–Crippen LogP) is 1.87. The van der Waals surface area contributed by atoms with E-state index in [4.69, 9.17) is 9.47 Å². The van der Waals surface area contributed by atoms with Gasteiger partial charge in [0.2, 0.25) is 0 Å². The molecule has 0 atom stereocenters. The van der Waals surface area contributed by atoms with E-state index in [0.29, 0.717) is 12.1 Å². The lowest BCUT2D eigenvalue weighted by Gasteiger charge is -2.41. The van der Waals surface area contributed by atoms with E-state index in [1.165, 1.54) is 7.11 Å². The summed E-state index contributed by atoms with van der Waals surface area (Å²) in [5.74, 6) is 0.427. The smallest absolute Gasteiger partial charge is 0.337 e. The van der Waals surface area contributed by atoms with E-state index in [1.54, 1.807) is 19.2 Å². The van der Waals surface area contributed by atoms with Gasteiger partial charge >= 0.3 is 5.97 Å². The molecule has 8 heteroatoms. The molecule has 1 fully saturated rings. The van der Waals surface area contributed by atoms with Gasteiger partial charge in [0, 0.05) is 38.8 Å². The Balaban J connectivity index is 0.00000364. The van der Waals surface area contributed by atoms with Crippen LogP contribution in [0.1, 0.15) is 29.8 Å². The molecule has 0 bridgehead atoms. The average molecular weight is 490 g/mol. The second-order valence-corrected chi connectivity index (χ2v) is 6.88. The van der Waals surface area contributed by atoms with Crippen molar-refractivity contribution in [3.05, 3.63) is 35.4 Å². The normalized spacial score (nSPS) is 15.6. The molecular weight excluding hydrogens is 459 g/mol. The molecule has 2 N–H and O–H groups in total. The number of methoxy groups -OCH3 is 1. The molecule has 2 rings (SSSR count). The Kier molecular flexibility index (Phi) is 10.0. The second-order valence-electron chi connectivity index (χ2n) is 6.88. The molecule has 7 nitrogen and oxygen atoms in total. The van der Waals surface area contributed by atoms with Gasteiger partial charge in [-0.3, -0.25) is 9.89 Å². The Morgan fingerprint density at radius 3 is 2.41 bits per heavy atom. The van der Waals surface area contributed by atoms with Gasteiger partial charge in [-0.2, -0.15) is 0 Å². The number of nitrogens with zero attached hydrogens (tertiary/aromatic N) is 2. The highest BCUT2D eigenvalue weighted by molar-refractivity contribution is 14.0. The SMILES string of the molecule is CN=C(NCc1ccc(C(=O)OC)cc1)NCC(C)(C)N1CCOCC1.I. The zero-order chi connectivity index (χ0) is 19.0. The number of nitrogens with one attached hydrogen (secondary N) is 2. The summed E-state index contributed by atoms with van der Waals surface area (Å²) in [7, 11) is 3.14. The van der Waals surface area contributed by atoms with Crippen LogP contribution in [-0.4, -0.2) is 69.4 Å². The molecule has 1 aromatic carbocycles. The zero-order valence-electron chi connectivity index (χ0n) is 16.6. The van der Waals surface area contributed by atoms with Gasteiger partial charge in [-0.25, -0.2) is 4.79 Å². The lowest BCUT2D eigenvalue weighted by Crippen LogP contribution is -2.56. The van der Waals surface area contributed by atoms with E-state index in [2.05, 4.69) is 34.4 Å². The summed E-state index contributed by atoms with van der Waals surface area (Å²) >= 11 is 0. The quantitative estimate of drug-likeness (QED) is 0.275. The molecule has 0 unspecified atom stereocenters. The van der Waals surface area contributed by atoms with Crippen LogP contribution in [0.15, 0.2) is 29.3 Å². The maximum absolute atomic E-state index is 11.5. The first-order chi connectivity index (χ1) is 12.5. The first kappa shape index (κ1) is 23.6. The molecule has 0 aliphatic carbocycles. The number of hydrogen-bond donors (Lipinski definition) is 2. The predicted molar refractivity (Wildman–Crippen MR) is 118 cm³/mol. The number of halogens is 1. The summed E-state index contributed by atoms with van der Waals surface area (Å²) in [5, 5.41) is 6.70. The van der Waals surface area contributed by atoms with Crippen molar-refractivity contribution in [2.75, 3.05) is 47.0 Å². The van der Waals surface area contributed by atoms with Crippen LogP contribution in [-0.2, 0) is 16.0 Å². The van der Waals surface area contributed by atoms with Crippen molar-refractivity contribution in [3.8, 4) is 0 Å². The number of esters is 1. The highest BCUT2D eigenvalue weighted by Crippen LogP contribution is 2.15. The first-order valence-corrected chi connectivity index (χ1v) is 8.91. The maximum Gasteiger partial charge on any atom is 0.337 e. The summed E-state index contributed by atoms with van der Waals surface area (Å²) in [5.41, 5.74) is 1.63. The summed E-state index contributed by atoms with van der Waals surface area (Å²) in [4.78, 5) is 18.2. The monoisotopic (exact) mass is 490 g/mol. The highest BCUT2D eigenvalue weighted by Gasteiger charge is 2.28. The second kappa shape index (κ2) is 11.5. The van der Waals surface area contributed by atoms with Crippen molar-refractivity contribution in [3.63, 3.8) is 0 Å². The standard InChI is InChI=1S/C19H30N4O3.HI/c1-19(2,23-9-11-26-12-10-23)14-22-18(20-3)21-13-15-5-7-16(8-6-15)17(24)25-4;/h5-8H,9-14H2,1-4H3,(H2,20,21,22);1H. The van der Waals surface area contributed by atoms with Crippen LogP contribution in [0.25, 0.3) is 0 Å². The molecule has 1 aliphatic rings. The van der Waals surface area contributed by atoms with Crippen LogP contribution in [0, 0.1) is 0 Å². The van der Waals surface area contributed by atoms with Crippen molar-refractivity contribution in [1.29, 1.82) is 0 Å². The minimum atomic E-state index is -0.327. The number of carbonyl (C=O) groups is 1. The van der Waals surface area contributed by atoms with Gasteiger partial charge in [-0.15, -0.1) is 24.0 Å². The number of aliphatic imine (C=N–C) groups is 1. The zero-order valence-corrected chi connectivity index (χ0v) is 18.9. The fraction of sp³-hybridized carbons (Fsp3) is 0.579. The van der Waals surface area contributed by atoms with Gasteiger partial charge in [-0.05, 0) is 31.5 Å². The third-order valence-corrected chi connectivity index (χ3v) is 4.61. The van der Waals surface area contributed by atoms with Gasteiger partial charge in [0.25, 0.3) is 0 Å². The number of guanidine groups is 1. The Hall–Kier alpha value is -1.39. The lowest BCUT2D eigenvalue weighted by molar-refractivity contribution is -0.00834. The number of ether oxygens (including phenoxy) is 2. The molecule has 0 amide bonds. The van der Waals surface area contributed by atoms with E-state index >= 15 is 0 Å². The van der Waals surface area contributed by atoms with E-state index in [-0.39, 0.29) is 35.5 Å². The van der Waals surface area contributed by atoms with Crippen molar-refractivity contribution < 1.29 is 14.3 Å². The van der Waals surface area contributed by atoms with Crippen molar-refractivity contribution in [2.24, 2.45) is 4.99 Å². The third kappa shape index (κ3) is 7.27. The molecule has 1 heterocycles. The molecule has 1 aromatic rings. The van der Waals surface area contributed by atoms with Gasteiger partial charge in [0.15, 0.2) is 5.96 Å². The molecule has 1 aliphatic heterocycles. The molecule has 0 aromatic heterocycles. The fourth-order valence-electron chi connectivity index (χ4n) is 2.86. The summed E-state index contributed by atoms with van der Waals surface area (Å²) in [6.45, 7) is 9.35. The highest BCUT2D eigenvalue weighted by atomic mass is 127. The maximum atomic E-state index is 11.5. The number of benzene rings is 1. The Bertz CT molecular complexity index is 614. The summed E-state index contributed by atoms with van der Waals surface area (Å²) < 4.78 is 10.1. The van der Waals surface area contributed by atoms with Crippen LogP contribution in [0.2, 0.25) is 0 Å². The van der Waals surface area contributed by atoms with Crippen LogP contribution in [0.3, 0.4) is 0 Å². The topological polar surface area (TPSA) is 75.2 Å². The Morgan fingerprint density at radius 2 is 1.85 bits per heavy atom. The largest absolute Gasteiger partial charge is 0.465 e. The van der Waals surface area contributed by atoms with Gasteiger partial charge in [0.05, 0.1) is 25.9 Å². The third-order valence-electron chi connectivity index (χ3n) is 4.61. The van der Waals surface area contributed by atoms with Gasteiger partial charge < -0.3 is 20.1 Å². The van der Waals surface area contributed by atoms with E-state index < -0.39 is 0 Å². The van der Waals surface area contributed by atoms with E-state index in [1.807, 2.05) is 12.1 Å². The van der Waals surface area contributed by atoms with E-state index in [0.717, 1.165) is 44.4 Å². The van der Waals surface area contributed by atoms with Crippen LogP contribution in [0.4, 0.5) is 0 Å².